The van der Waals surface area contributed by atoms with E-state index in [4.69, 9.17) is 4.74 Å². The van der Waals surface area contributed by atoms with E-state index < -0.39 is 10.0 Å². The van der Waals surface area contributed by atoms with Gasteiger partial charge in [-0.25, -0.2) is 17.5 Å². The van der Waals surface area contributed by atoms with Crippen molar-refractivity contribution in [2.75, 3.05) is 13.7 Å². The van der Waals surface area contributed by atoms with E-state index in [2.05, 4.69) is 9.71 Å². The highest BCUT2D eigenvalue weighted by molar-refractivity contribution is 7.89. The maximum absolute atomic E-state index is 13.4. The zero-order chi connectivity index (χ0) is 19.2. The highest BCUT2D eigenvalue weighted by Gasteiger charge is 2.46. The molecule has 2 N–H and O–H groups in total. The van der Waals surface area contributed by atoms with Gasteiger partial charge >= 0.3 is 0 Å². The first-order chi connectivity index (χ1) is 12.8. The maximum atomic E-state index is 13.4. The Morgan fingerprint density at radius 1 is 1.22 bits per heavy atom. The van der Waals surface area contributed by atoms with Crippen LogP contribution in [0.3, 0.4) is 0 Å². The number of rotatable bonds is 6. The molecule has 7 heteroatoms. The molecule has 1 heterocycles. The fourth-order valence-corrected chi connectivity index (χ4v) is 4.94. The van der Waals surface area contributed by atoms with Crippen LogP contribution in [0.15, 0.2) is 47.5 Å². The third-order valence-electron chi connectivity index (χ3n) is 5.34. The van der Waals surface area contributed by atoms with Gasteiger partial charge in [0.15, 0.2) is 0 Å². The van der Waals surface area contributed by atoms with E-state index in [-0.39, 0.29) is 16.1 Å². The number of methoxy groups -OCH3 is 1. The Morgan fingerprint density at radius 3 is 2.67 bits per heavy atom. The Balaban J connectivity index is 1.59. The van der Waals surface area contributed by atoms with Crippen molar-refractivity contribution >= 4 is 20.9 Å². The molecule has 5 nitrogen and oxygen atoms in total. The van der Waals surface area contributed by atoms with Crippen LogP contribution in [-0.4, -0.2) is 27.1 Å². The molecule has 1 saturated carbocycles. The summed E-state index contributed by atoms with van der Waals surface area (Å²) in [7, 11) is -2.09. The number of fused-ring (bicyclic) bond motifs is 1. The molecule has 142 valence electrons. The molecule has 3 aromatic rings. The summed E-state index contributed by atoms with van der Waals surface area (Å²) in [6.07, 6.45) is 3.65. The number of aryl methyl sites for hydroxylation is 1. The molecular weight excluding hydrogens is 367 g/mol. The van der Waals surface area contributed by atoms with Crippen molar-refractivity contribution < 1.29 is 17.5 Å². The fourth-order valence-electron chi connectivity index (χ4n) is 3.59. The fraction of sp³-hybridized carbons (Fsp3) is 0.300. The average molecular weight is 388 g/mol. The molecule has 1 aliphatic carbocycles. The van der Waals surface area contributed by atoms with Crippen molar-refractivity contribution in [2.24, 2.45) is 0 Å². The summed E-state index contributed by atoms with van der Waals surface area (Å²) in [5.74, 6) is 0.326. The molecular formula is C20H21FN2O3S. The Kier molecular flexibility index (Phi) is 4.24. The minimum absolute atomic E-state index is 0.247. The number of nitrogens with one attached hydrogen (secondary N) is 2. The second-order valence-electron chi connectivity index (χ2n) is 7.13. The van der Waals surface area contributed by atoms with Crippen molar-refractivity contribution in [1.29, 1.82) is 0 Å². The molecule has 2 aromatic carbocycles. The number of aromatic nitrogens is 1. The smallest absolute Gasteiger partial charge is 0.240 e. The molecule has 1 aromatic heterocycles. The summed E-state index contributed by atoms with van der Waals surface area (Å²) in [5.41, 5.74) is 2.15. The van der Waals surface area contributed by atoms with E-state index in [0.29, 0.717) is 17.9 Å². The molecule has 0 aliphatic heterocycles. The zero-order valence-corrected chi connectivity index (χ0v) is 16.0. The zero-order valence-electron chi connectivity index (χ0n) is 15.2. The quantitative estimate of drug-likeness (QED) is 0.677. The Labute approximate surface area is 157 Å². The lowest BCUT2D eigenvalue weighted by molar-refractivity contribution is 0.414. The van der Waals surface area contributed by atoms with Crippen molar-refractivity contribution in [2.45, 2.75) is 30.1 Å². The Morgan fingerprint density at radius 2 is 2.00 bits per heavy atom. The summed E-state index contributed by atoms with van der Waals surface area (Å²) >= 11 is 0. The van der Waals surface area contributed by atoms with Gasteiger partial charge in [-0.15, -0.1) is 0 Å². The van der Waals surface area contributed by atoms with Crippen LogP contribution in [0.4, 0.5) is 4.39 Å². The normalized spacial score (nSPS) is 15.8. The Hall–Kier alpha value is -2.38. The first-order valence-corrected chi connectivity index (χ1v) is 10.2. The number of halogens is 1. The van der Waals surface area contributed by atoms with Gasteiger partial charge in [-0.2, -0.15) is 0 Å². The summed E-state index contributed by atoms with van der Waals surface area (Å²) < 4.78 is 46.9. The van der Waals surface area contributed by atoms with E-state index in [1.165, 1.54) is 12.1 Å². The summed E-state index contributed by atoms with van der Waals surface area (Å²) in [4.78, 5) is 3.34. The minimum Gasteiger partial charge on any atom is -0.497 e. The van der Waals surface area contributed by atoms with Gasteiger partial charge in [-0.1, -0.05) is 0 Å². The molecule has 0 unspecified atom stereocenters. The number of ether oxygens (including phenoxy) is 1. The van der Waals surface area contributed by atoms with E-state index >= 15 is 0 Å². The van der Waals surface area contributed by atoms with Crippen LogP contribution in [0, 0.1) is 12.7 Å². The van der Waals surface area contributed by atoms with Crippen LogP contribution >= 0.6 is 0 Å². The highest BCUT2D eigenvalue weighted by Crippen LogP contribution is 2.50. The lowest BCUT2D eigenvalue weighted by Crippen LogP contribution is -2.32. The number of hydrogen-bond donors (Lipinski definition) is 2. The van der Waals surface area contributed by atoms with Gasteiger partial charge in [0.25, 0.3) is 0 Å². The first kappa shape index (κ1) is 18.0. The highest BCUT2D eigenvalue weighted by atomic mass is 32.2. The third-order valence-corrected chi connectivity index (χ3v) is 6.90. The largest absolute Gasteiger partial charge is 0.497 e. The van der Waals surface area contributed by atoms with E-state index in [0.717, 1.165) is 29.3 Å². The number of aromatic amines is 1. The van der Waals surface area contributed by atoms with Gasteiger partial charge in [0.1, 0.15) is 11.6 Å². The number of benzene rings is 2. The predicted molar refractivity (Wildman–Crippen MR) is 102 cm³/mol. The first-order valence-electron chi connectivity index (χ1n) is 8.76. The minimum atomic E-state index is -3.64. The molecule has 1 aliphatic rings. The molecule has 1 fully saturated rings. The molecule has 0 bridgehead atoms. The third kappa shape index (κ3) is 3.21. The SMILES string of the molecule is COc1ccc(S(=O)(=O)NCC2(c3c[nH]c4cc(F)ccc34)CC2)c(C)c1. The predicted octanol–water partition coefficient (Wildman–Crippen LogP) is 3.63. The molecule has 0 amide bonds. The van der Waals surface area contributed by atoms with E-state index in [1.807, 2.05) is 6.20 Å². The van der Waals surface area contributed by atoms with Crippen LogP contribution in [-0.2, 0) is 15.4 Å². The van der Waals surface area contributed by atoms with E-state index in [9.17, 15) is 12.8 Å². The number of hydrogen-bond acceptors (Lipinski definition) is 3. The lowest BCUT2D eigenvalue weighted by Gasteiger charge is -2.17. The van der Waals surface area contributed by atoms with Crippen LogP contribution in [0.1, 0.15) is 24.0 Å². The van der Waals surface area contributed by atoms with Crippen LogP contribution < -0.4 is 9.46 Å². The summed E-state index contributed by atoms with van der Waals surface area (Å²) in [5, 5.41) is 0.939. The van der Waals surface area contributed by atoms with Crippen molar-refractivity contribution in [3.63, 3.8) is 0 Å². The van der Waals surface area contributed by atoms with Gasteiger partial charge in [-0.05, 0) is 67.3 Å². The molecule has 0 atom stereocenters. The monoisotopic (exact) mass is 388 g/mol. The van der Waals surface area contributed by atoms with Crippen LogP contribution in [0.5, 0.6) is 5.75 Å². The second-order valence-corrected chi connectivity index (χ2v) is 8.86. The molecule has 0 radical (unpaired) electrons. The number of sulfonamides is 1. The van der Waals surface area contributed by atoms with Crippen molar-refractivity contribution in [3.8, 4) is 5.75 Å². The number of H-pyrrole nitrogens is 1. The molecule has 0 saturated heterocycles. The topological polar surface area (TPSA) is 71.2 Å². The second kappa shape index (κ2) is 6.35. The van der Waals surface area contributed by atoms with Crippen molar-refractivity contribution in [3.05, 3.63) is 59.5 Å². The lowest BCUT2D eigenvalue weighted by atomic mass is 9.96. The van der Waals surface area contributed by atoms with Crippen LogP contribution in [0.2, 0.25) is 0 Å². The standard InChI is InChI=1S/C20H21FN2O3S/c1-13-9-15(26-2)4-6-19(13)27(24,25)23-12-20(7-8-20)17-11-22-18-10-14(21)3-5-16(17)18/h3-6,9-11,22-23H,7-8,12H2,1-2H3. The van der Waals surface area contributed by atoms with Gasteiger partial charge in [0.05, 0.1) is 12.0 Å². The van der Waals surface area contributed by atoms with Crippen LogP contribution in [0.25, 0.3) is 10.9 Å². The van der Waals surface area contributed by atoms with Gasteiger partial charge in [-0.3, -0.25) is 0 Å². The molecule has 0 spiro atoms. The van der Waals surface area contributed by atoms with Gasteiger partial charge < -0.3 is 9.72 Å². The summed E-state index contributed by atoms with van der Waals surface area (Å²) in [6.45, 7) is 2.06. The van der Waals surface area contributed by atoms with Crippen molar-refractivity contribution in [1.82, 2.24) is 9.71 Å². The maximum Gasteiger partial charge on any atom is 0.240 e. The van der Waals surface area contributed by atoms with E-state index in [1.54, 1.807) is 38.3 Å². The average Bonchev–Trinajstić information content (AvgIpc) is 3.31. The van der Waals surface area contributed by atoms with Gasteiger partial charge in [0.2, 0.25) is 10.0 Å². The molecule has 27 heavy (non-hydrogen) atoms. The summed E-state index contributed by atoms with van der Waals surface area (Å²) in [6, 6.07) is 9.54. The molecule has 4 rings (SSSR count). The van der Waals surface area contributed by atoms with Gasteiger partial charge in [0, 0.05) is 29.1 Å². The Bertz CT molecular complexity index is 1120.